The lowest BCUT2D eigenvalue weighted by molar-refractivity contribution is -0.171. The molecule has 26 heavy (non-hydrogen) atoms. The Kier molecular flexibility index (Phi) is 3.74. The summed E-state index contributed by atoms with van der Waals surface area (Å²) < 4.78 is 33.4. The Bertz CT molecular complexity index is 845. The predicted molar refractivity (Wildman–Crippen MR) is 91.9 cm³/mol. The first-order chi connectivity index (χ1) is 12.1. The van der Waals surface area contributed by atoms with Crippen molar-refractivity contribution in [3.8, 4) is 16.2 Å². The molecule has 2 aliphatic rings. The molecular formula is C16H18F2N4O3S. The van der Waals surface area contributed by atoms with E-state index in [1.54, 1.807) is 20.0 Å². The number of ether oxygens (including phenoxy) is 1. The molecule has 0 saturated carbocycles. The summed E-state index contributed by atoms with van der Waals surface area (Å²) in [5.74, 6) is -0.353. The van der Waals surface area contributed by atoms with Crippen LogP contribution in [0.15, 0.2) is 12.4 Å². The highest BCUT2D eigenvalue weighted by molar-refractivity contribution is 7.18. The lowest BCUT2D eigenvalue weighted by Crippen LogP contribution is -2.50. The number of nitrogens with zero attached hydrogens (tertiary/aromatic N) is 2. The molecule has 0 bridgehead atoms. The number of carbonyl (C=O) groups excluding carboxylic acids is 1. The van der Waals surface area contributed by atoms with Crippen molar-refractivity contribution in [2.75, 3.05) is 18.0 Å². The Hall–Kier alpha value is -2.20. The van der Waals surface area contributed by atoms with Gasteiger partial charge < -0.3 is 20.1 Å². The molecule has 10 heteroatoms. The summed E-state index contributed by atoms with van der Waals surface area (Å²) in [4.78, 5) is 14.9. The third kappa shape index (κ3) is 3.03. The number of H-pyrrole nitrogens is 1. The summed E-state index contributed by atoms with van der Waals surface area (Å²) in [6, 6.07) is -0.457. The number of amides is 1. The second-order valence-corrected chi connectivity index (χ2v) is 8.25. The van der Waals surface area contributed by atoms with Crippen LogP contribution in [0.2, 0.25) is 0 Å². The number of hydrogen-bond donors (Lipinski definition) is 3. The molecule has 0 aliphatic carbocycles. The fourth-order valence-corrected chi connectivity index (χ4v) is 4.56. The van der Waals surface area contributed by atoms with E-state index in [2.05, 4.69) is 15.5 Å². The van der Waals surface area contributed by atoms with Crippen LogP contribution in [0.25, 0.3) is 10.4 Å². The fourth-order valence-electron chi connectivity index (χ4n) is 3.43. The predicted octanol–water partition coefficient (Wildman–Crippen LogP) is 2.20. The van der Waals surface area contributed by atoms with Crippen molar-refractivity contribution in [3.05, 3.63) is 17.3 Å². The molecule has 2 aromatic rings. The van der Waals surface area contributed by atoms with Gasteiger partial charge in [0.05, 0.1) is 16.7 Å². The molecule has 7 nitrogen and oxygen atoms in total. The van der Waals surface area contributed by atoms with Crippen LogP contribution in [0.5, 0.6) is 5.75 Å². The van der Waals surface area contributed by atoms with Gasteiger partial charge in [-0.15, -0.1) is 11.3 Å². The van der Waals surface area contributed by atoms with Crippen LogP contribution in [0.3, 0.4) is 0 Å². The Balaban J connectivity index is 1.80. The van der Waals surface area contributed by atoms with E-state index in [4.69, 9.17) is 4.74 Å². The van der Waals surface area contributed by atoms with Gasteiger partial charge in [-0.25, -0.2) is 0 Å². The summed E-state index contributed by atoms with van der Waals surface area (Å²) in [5, 5.41) is 19.4. The normalized spacial score (nSPS) is 21.7. The molecule has 0 radical (unpaired) electrons. The van der Waals surface area contributed by atoms with E-state index < -0.39 is 24.3 Å². The van der Waals surface area contributed by atoms with Gasteiger partial charge in [-0.05, 0) is 20.3 Å². The first kappa shape index (κ1) is 17.2. The van der Waals surface area contributed by atoms with E-state index in [1.807, 2.05) is 0 Å². The highest BCUT2D eigenvalue weighted by Crippen LogP contribution is 2.52. The quantitative estimate of drug-likeness (QED) is 0.755. The van der Waals surface area contributed by atoms with Crippen LogP contribution in [-0.4, -0.2) is 52.1 Å². The van der Waals surface area contributed by atoms with E-state index in [0.717, 1.165) is 11.3 Å². The lowest BCUT2D eigenvalue weighted by atomic mass is 9.99. The number of hydrogen-bond acceptors (Lipinski definition) is 6. The maximum atomic E-state index is 14.2. The molecule has 1 amide bonds. The summed E-state index contributed by atoms with van der Waals surface area (Å²) >= 11 is 1.10. The van der Waals surface area contributed by atoms with E-state index in [9.17, 15) is 18.7 Å². The number of halogens is 2. The summed E-state index contributed by atoms with van der Waals surface area (Å²) in [5.41, 5.74) is -0.0700. The smallest absolute Gasteiger partial charge is 0.416 e. The largest absolute Gasteiger partial charge is 0.427 e. The van der Waals surface area contributed by atoms with Crippen molar-refractivity contribution in [3.63, 3.8) is 0 Å². The molecule has 1 atom stereocenters. The average Bonchev–Trinajstić information content (AvgIpc) is 3.08. The van der Waals surface area contributed by atoms with Crippen LogP contribution in [0.4, 0.5) is 14.5 Å². The van der Waals surface area contributed by atoms with Crippen molar-refractivity contribution >= 4 is 22.9 Å². The number of aliphatic hydroxyl groups is 1. The molecule has 140 valence electrons. The molecule has 0 unspecified atom stereocenters. The summed E-state index contributed by atoms with van der Waals surface area (Å²) in [6.45, 7) is 2.76. The summed E-state index contributed by atoms with van der Waals surface area (Å²) in [6.07, 6.45) is -0.0643. The topological polar surface area (TPSA) is 90.5 Å². The average molecular weight is 384 g/mol. The molecule has 0 fully saturated rings. The number of thiophene rings is 1. The van der Waals surface area contributed by atoms with Gasteiger partial charge >= 0.3 is 6.11 Å². The van der Waals surface area contributed by atoms with Crippen molar-refractivity contribution < 1.29 is 23.4 Å². The van der Waals surface area contributed by atoms with Gasteiger partial charge in [-0.2, -0.15) is 13.9 Å². The zero-order valence-corrected chi connectivity index (χ0v) is 15.0. The SMILES string of the molecule is CC(C)(O)C[C@H]1CN2CC(F)(F)Oc3c(-c4cn[nH]c4)sc(c32)C(=O)N1. The van der Waals surface area contributed by atoms with Gasteiger partial charge in [0.15, 0.2) is 5.75 Å². The van der Waals surface area contributed by atoms with Gasteiger partial charge in [-0.3, -0.25) is 9.89 Å². The number of aromatic amines is 1. The van der Waals surface area contributed by atoms with Gasteiger partial charge in [0.25, 0.3) is 5.91 Å². The zero-order chi connectivity index (χ0) is 18.7. The van der Waals surface area contributed by atoms with Crippen LogP contribution >= 0.6 is 11.3 Å². The standard InChI is InChI=1S/C16H18F2N4O3S/c1-15(2,24)3-9-6-22-7-16(17,18)25-11-10(22)13(14(23)21-9)26-12(11)8-4-19-20-5-8/h4-5,9,24H,3,6-7H2,1-2H3,(H,19,20)(H,21,23)/t9-/m0/s1. The van der Waals surface area contributed by atoms with Gasteiger partial charge in [0.2, 0.25) is 0 Å². The molecule has 2 aliphatic heterocycles. The van der Waals surface area contributed by atoms with Crippen molar-refractivity contribution in [2.45, 2.75) is 38.0 Å². The number of anilines is 1. The summed E-state index contributed by atoms with van der Waals surface area (Å²) in [7, 11) is 0. The van der Waals surface area contributed by atoms with Gasteiger partial charge in [-0.1, -0.05) is 0 Å². The number of alkyl halides is 2. The third-order valence-electron chi connectivity index (χ3n) is 4.27. The monoisotopic (exact) mass is 384 g/mol. The molecule has 0 aromatic carbocycles. The van der Waals surface area contributed by atoms with E-state index in [0.29, 0.717) is 21.0 Å². The Morgan fingerprint density at radius 2 is 2.27 bits per heavy atom. The number of rotatable bonds is 3. The first-order valence-corrected chi connectivity index (χ1v) is 8.95. The van der Waals surface area contributed by atoms with Crippen molar-refractivity contribution in [1.82, 2.24) is 15.5 Å². The Morgan fingerprint density at radius 3 is 2.92 bits per heavy atom. The first-order valence-electron chi connectivity index (χ1n) is 8.14. The van der Waals surface area contributed by atoms with Gasteiger partial charge in [0.1, 0.15) is 17.1 Å². The van der Waals surface area contributed by atoms with Crippen LogP contribution in [0.1, 0.15) is 29.9 Å². The Morgan fingerprint density at radius 1 is 1.50 bits per heavy atom. The number of nitrogens with one attached hydrogen (secondary N) is 2. The van der Waals surface area contributed by atoms with Gasteiger partial charge in [0, 0.05) is 24.3 Å². The minimum atomic E-state index is -3.38. The molecule has 2 aromatic heterocycles. The van der Waals surface area contributed by atoms with E-state index in [1.165, 1.54) is 11.1 Å². The van der Waals surface area contributed by atoms with Crippen molar-refractivity contribution in [1.29, 1.82) is 0 Å². The van der Waals surface area contributed by atoms with Crippen LogP contribution < -0.4 is 15.0 Å². The zero-order valence-electron chi connectivity index (χ0n) is 14.2. The second-order valence-electron chi connectivity index (χ2n) is 7.23. The fraction of sp³-hybridized carbons (Fsp3) is 0.500. The lowest BCUT2D eigenvalue weighted by Gasteiger charge is -2.36. The molecule has 0 spiro atoms. The molecule has 4 heterocycles. The minimum Gasteiger partial charge on any atom is -0.427 e. The third-order valence-corrected chi connectivity index (χ3v) is 5.48. The number of aromatic nitrogens is 2. The minimum absolute atomic E-state index is 0.00158. The molecule has 4 rings (SSSR count). The number of carbonyl (C=O) groups is 1. The maximum Gasteiger partial charge on any atom is 0.416 e. The highest BCUT2D eigenvalue weighted by atomic mass is 32.1. The van der Waals surface area contributed by atoms with Crippen molar-refractivity contribution in [2.24, 2.45) is 0 Å². The Labute approximate surface area is 152 Å². The highest BCUT2D eigenvalue weighted by Gasteiger charge is 2.47. The second kappa shape index (κ2) is 5.65. The van der Waals surface area contributed by atoms with Crippen LogP contribution in [0, 0.1) is 0 Å². The molecule has 0 saturated heterocycles. The van der Waals surface area contributed by atoms with E-state index in [-0.39, 0.29) is 24.6 Å². The molecule has 3 N–H and O–H groups in total. The van der Waals surface area contributed by atoms with E-state index >= 15 is 0 Å². The maximum absolute atomic E-state index is 14.2. The van der Waals surface area contributed by atoms with Crippen LogP contribution in [-0.2, 0) is 0 Å². The molecular weight excluding hydrogens is 366 g/mol.